The third kappa shape index (κ3) is 3.71. The first-order valence-electron chi connectivity index (χ1n) is 7.15. The van der Waals surface area contributed by atoms with Crippen molar-refractivity contribution in [2.45, 2.75) is 45.3 Å². The lowest BCUT2D eigenvalue weighted by atomic mass is 10.0. The number of nitrogens with zero attached hydrogens (tertiary/aromatic N) is 2. The Morgan fingerprint density at radius 1 is 1.38 bits per heavy atom. The van der Waals surface area contributed by atoms with Gasteiger partial charge in [0, 0.05) is 18.8 Å². The first kappa shape index (κ1) is 15.3. The summed E-state index contributed by atoms with van der Waals surface area (Å²) >= 11 is 0. The molecular formula is C15H20N2O4. The molecule has 1 aromatic heterocycles. The normalized spacial score (nSPS) is 18.6. The van der Waals surface area contributed by atoms with Gasteiger partial charge in [-0.25, -0.2) is 9.78 Å². The Kier molecular flexibility index (Phi) is 4.77. The van der Waals surface area contributed by atoms with Crippen molar-refractivity contribution in [1.29, 1.82) is 0 Å². The molecule has 1 N–H and O–H groups in total. The van der Waals surface area contributed by atoms with Crippen LogP contribution in [-0.2, 0) is 4.79 Å². The van der Waals surface area contributed by atoms with E-state index in [0.29, 0.717) is 24.4 Å². The summed E-state index contributed by atoms with van der Waals surface area (Å²) in [6.07, 6.45) is 3.62. The first-order valence-corrected chi connectivity index (χ1v) is 7.15. The molecule has 2 heterocycles. The van der Waals surface area contributed by atoms with E-state index in [-0.39, 0.29) is 12.0 Å². The van der Waals surface area contributed by atoms with Crippen molar-refractivity contribution in [3.8, 4) is 5.88 Å². The standard InChI is InChI=1S/C15H20N2O4/c1-10(2)21-13-7-6-11(9-16-13)14(18)17-8-4-3-5-12(17)15(19)20/h6-7,9-10,12H,3-5,8H2,1-2H3,(H,19,20). The van der Waals surface area contributed by atoms with Gasteiger partial charge in [0.05, 0.1) is 11.7 Å². The molecule has 6 nitrogen and oxygen atoms in total. The number of carbonyl (C=O) groups is 2. The molecule has 0 aromatic carbocycles. The lowest BCUT2D eigenvalue weighted by molar-refractivity contribution is -0.143. The van der Waals surface area contributed by atoms with Crippen LogP contribution in [0.4, 0.5) is 0 Å². The minimum atomic E-state index is -0.948. The van der Waals surface area contributed by atoms with E-state index in [9.17, 15) is 14.7 Å². The van der Waals surface area contributed by atoms with Gasteiger partial charge < -0.3 is 14.7 Å². The number of piperidine rings is 1. The zero-order chi connectivity index (χ0) is 15.4. The Morgan fingerprint density at radius 3 is 2.71 bits per heavy atom. The molecule has 1 unspecified atom stereocenters. The van der Waals surface area contributed by atoms with Crippen LogP contribution in [0.3, 0.4) is 0 Å². The Balaban J connectivity index is 2.12. The average Bonchev–Trinajstić information content (AvgIpc) is 2.46. The molecule has 1 aromatic rings. The number of pyridine rings is 1. The number of carbonyl (C=O) groups excluding carboxylic acids is 1. The van der Waals surface area contributed by atoms with E-state index in [0.717, 1.165) is 12.8 Å². The second-order valence-electron chi connectivity index (χ2n) is 5.40. The van der Waals surface area contributed by atoms with Crippen molar-refractivity contribution in [2.75, 3.05) is 6.54 Å². The molecule has 21 heavy (non-hydrogen) atoms. The molecule has 0 radical (unpaired) electrons. The highest BCUT2D eigenvalue weighted by Gasteiger charge is 2.32. The summed E-state index contributed by atoms with van der Waals surface area (Å²) in [5.41, 5.74) is 0.388. The smallest absolute Gasteiger partial charge is 0.326 e. The number of carboxylic acids is 1. The molecule has 114 valence electrons. The van der Waals surface area contributed by atoms with Crippen LogP contribution in [-0.4, -0.2) is 45.6 Å². The van der Waals surface area contributed by atoms with E-state index in [4.69, 9.17) is 4.74 Å². The molecule has 1 atom stereocenters. The molecule has 1 amide bonds. The van der Waals surface area contributed by atoms with Gasteiger partial charge in [-0.05, 0) is 39.2 Å². The maximum atomic E-state index is 12.4. The summed E-state index contributed by atoms with van der Waals surface area (Å²) in [7, 11) is 0. The number of carboxylic acid groups (broad SMARTS) is 1. The van der Waals surface area contributed by atoms with Gasteiger partial charge in [0.25, 0.3) is 5.91 Å². The summed E-state index contributed by atoms with van der Waals surface area (Å²) in [6, 6.07) is 2.52. The minimum absolute atomic E-state index is 0.0116. The molecule has 6 heteroatoms. The summed E-state index contributed by atoms with van der Waals surface area (Å²) in [5, 5.41) is 9.22. The SMILES string of the molecule is CC(C)Oc1ccc(C(=O)N2CCCCC2C(=O)O)cn1. The second kappa shape index (κ2) is 6.56. The highest BCUT2D eigenvalue weighted by Crippen LogP contribution is 2.20. The van der Waals surface area contributed by atoms with Gasteiger partial charge in [0.2, 0.25) is 5.88 Å². The van der Waals surface area contributed by atoms with E-state index >= 15 is 0 Å². The lowest BCUT2D eigenvalue weighted by Crippen LogP contribution is -2.48. The van der Waals surface area contributed by atoms with E-state index in [1.807, 2.05) is 13.8 Å². The van der Waals surface area contributed by atoms with E-state index in [1.165, 1.54) is 11.1 Å². The monoisotopic (exact) mass is 292 g/mol. The highest BCUT2D eigenvalue weighted by molar-refractivity contribution is 5.96. The van der Waals surface area contributed by atoms with E-state index < -0.39 is 12.0 Å². The third-order valence-corrected chi connectivity index (χ3v) is 3.39. The first-order chi connectivity index (χ1) is 9.99. The van der Waals surface area contributed by atoms with Gasteiger partial charge in [-0.3, -0.25) is 4.79 Å². The van der Waals surface area contributed by atoms with E-state index in [1.54, 1.807) is 12.1 Å². The van der Waals surface area contributed by atoms with Gasteiger partial charge in [0.1, 0.15) is 6.04 Å². The zero-order valence-corrected chi connectivity index (χ0v) is 12.3. The van der Waals surface area contributed by atoms with Crippen LogP contribution in [0.25, 0.3) is 0 Å². The number of aliphatic carboxylic acids is 1. The summed E-state index contributed by atoms with van der Waals surface area (Å²) in [5.74, 6) is -0.781. The van der Waals surface area contributed by atoms with Crippen molar-refractivity contribution in [1.82, 2.24) is 9.88 Å². The number of aromatic nitrogens is 1. The molecule has 0 bridgehead atoms. The number of hydrogen-bond acceptors (Lipinski definition) is 4. The molecule has 0 aliphatic carbocycles. The fraction of sp³-hybridized carbons (Fsp3) is 0.533. The molecule has 0 saturated carbocycles. The van der Waals surface area contributed by atoms with Gasteiger partial charge in [0.15, 0.2) is 0 Å². The number of likely N-dealkylation sites (tertiary alicyclic amines) is 1. The summed E-state index contributed by atoms with van der Waals surface area (Å²) in [4.78, 5) is 29.2. The van der Waals surface area contributed by atoms with Crippen LogP contribution in [0.2, 0.25) is 0 Å². The van der Waals surface area contributed by atoms with Gasteiger partial charge >= 0.3 is 5.97 Å². The summed E-state index contributed by atoms with van der Waals surface area (Å²) < 4.78 is 5.42. The average molecular weight is 292 g/mol. The molecule has 1 fully saturated rings. The molecule has 1 saturated heterocycles. The largest absolute Gasteiger partial charge is 0.480 e. The zero-order valence-electron chi connectivity index (χ0n) is 12.3. The van der Waals surface area contributed by atoms with Crippen LogP contribution in [0.15, 0.2) is 18.3 Å². The van der Waals surface area contributed by atoms with Crippen molar-refractivity contribution in [3.63, 3.8) is 0 Å². The van der Waals surface area contributed by atoms with Gasteiger partial charge in [-0.2, -0.15) is 0 Å². The predicted molar refractivity (Wildman–Crippen MR) is 76.3 cm³/mol. The fourth-order valence-corrected chi connectivity index (χ4v) is 2.42. The van der Waals surface area contributed by atoms with Crippen LogP contribution >= 0.6 is 0 Å². The lowest BCUT2D eigenvalue weighted by Gasteiger charge is -2.32. The van der Waals surface area contributed by atoms with Crippen molar-refractivity contribution in [2.24, 2.45) is 0 Å². The predicted octanol–water partition coefficient (Wildman–Crippen LogP) is 1.95. The second-order valence-corrected chi connectivity index (χ2v) is 5.40. The van der Waals surface area contributed by atoms with Crippen LogP contribution in [0.1, 0.15) is 43.5 Å². The molecule has 1 aliphatic heterocycles. The molecule has 0 spiro atoms. The van der Waals surface area contributed by atoms with Crippen LogP contribution in [0.5, 0.6) is 5.88 Å². The van der Waals surface area contributed by atoms with Crippen LogP contribution < -0.4 is 4.74 Å². The maximum Gasteiger partial charge on any atom is 0.326 e. The maximum absolute atomic E-state index is 12.4. The highest BCUT2D eigenvalue weighted by atomic mass is 16.5. The summed E-state index contributed by atoms with van der Waals surface area (Å²) in [6.45, 7) is 4.26. The van der Waals surface area contributed by atoms with Crippen molar-refractivity contribution >= 4 is 11.9 Å². The van der Waals surface area contributed by atoms with Gasteiger partial charge in [-0.1, -0.05) is 0 Å². The Hall–Kier alpha value is -2.11. The minimum Gasteiger partial charge on any atom is -0.480 e. The van der Waals surface area contributed by atoms with Crippen molar-refractivity contribution < 1.29 is 19.4 Å². The third-order valence-electron chi connectivity index (χ3n) is 3.39. The molecule has 1 aliphatic rings. The Labute approximate surface area is 123 Å². The number of ether oxygens (including phenoxy) is 1. The number of hydrogen-bond donors (Lipinski definition) is 1. The van der Waals surface area contributed by atoms with Gasteiger partial charge in [-0.15, -0.1) is 0 Å². The number of amides is 1. The fourth-order valence-electron chi connectivity index (χ4n) is 2.42. The number of rotatable bonds is 4. The Morgan fingerprint density at radius 2 is 2.14 bits per heavy atom. The van der Waals surface area contributed by atoms with Crippen LogP contribution in [0, 0.1) is 0 Å². The topological polar surface area (TPSA) is 79.7 Å². The molecule has 2 rings (SSSR count). The molecular weight excluding hydrogens is 272 g/mol. The Bertz CT molecular complexity index is 513. The quantitative estimate of drug-likeness (QED) is 0.917. The van der Waals surface area contributed by atoms with E-state index in [2.05, 4.69) is 4.98 Å². The van der Waals surface area contributed by atoms with Crippen molar-refractivity contribution in [3.05, 3.63) is 23.9 Å².